The molecule has 0 aliphatic rings. The van der Waals surface area contributed by atoms with Gasteiger partial charge in [0.25, 0.3) is 0 Å². The fraction of sp³-hybridized carbons (Fsp3) is 0.400. The SMILES string of the molecule is CCn1ncc(/C=C/C(=O)NCc2c(Br)cnn2CC)c1C. The highest BCUT2D eigenvalue weighted by atomic mass is 79.9. The average Bonchev–Trinajstić information content (AvgIpc) is 3.05. The number of carbonyl (C=O) groups is 1. The first-order valence-corrected chi connectivity index (χ1v) is 8.04. The number of aromatic nitrogens is 4. The van der Waals surface area contributed by atoms with Crippen molar-refractivity contribution in [3.63, 3.8) is 0 Å². The van der Waals surface area contributed by atoms with Crippen molar-refractivity contribution in [1.82, 2.24) is 24.9 Å². The van der Waals surface area contributed by atoms with E-state index in [0.717, 1.165) is 34.5 Å². The lowest BCUT2D eigenvalue weighted by molar-refractivity contribution is -0.116. The number of hydrogen-bond donors (Lipinski definition) is 1. The molecule has 0 fully saturated rings. The molecule has 0 aliphatic heterocycles. The lowest BCUT2D eigenvalue weighted by Crippen LogP contribution is -2.22. The van der Waals surface area contributed by atoms with E-state index in [2.05, 4.69) is 31.4 Å². The smallest absolute Gasteiger partial charge is 0.244 e. The highest BCUT2D eigenvalue weighted by Crippen LogP contribution is 2.15. The van der Waals surface area contributed by atoms with Gasteiger partial charge >= 0.3 is 0 Å². The van der Waals surface area contributed by atoms with E-state index in [4.69, 9.17) is 0 Å². The predicted molar refractivity (Wildman–Crippen MR) is 89.1 cm³/mol. The van der Waals surface area contributed by atoms with Crippen LogP contribution in [0, 0.1) is 6.92 Å². The fourth-order valence-corrected chi connectivity index (χ4v) is 2.61. The van der Waals surface area contributed by atoms with Crippen LogP contribution in [-0.2, 0) is 24.4 Å². The van der Waals surface area contributed by atoms with Gasteiger partial charge in [0.1, 0.15) is 0 Å². The molecule has 1 amide bonds. The van der Waals surface area contributed by atoms with E-state index in [1.54, 1.807) is 18.5 Å². The number of nitrogens with one attached hydrogen (secondary N) is 1. The zero-order chi connectivity index (χ0) is 16.1. The summed E-state index contributed by atoms with van der Waals surface area (Å²) < 4.78 is 4.65. The van der Waals surface area contributed by atoms with E-state index >= 15 is 0 Å². The van der Waals surface area contributed by atoms with Crippen molar-refractivity contribution in [2.24, 2.45) is 0 Å². The molecular formula is C15H20BrN5O. The maximum Gasteiger partial charge on any atom is 0.244 e. The van der Waals surface area contributed by atoms with Crippen LogP contribution in [0.25, 0.3) is 6.08 Å². The molecule has 7 heteroatoms. The van der Waals surface area contributed by atoms with Crippen LogP contribution in [0.1, 0.15) is 30.8 Å². The van der Waals surface area contributed by atoms with Gasteiger partial charge in [-0.15, -0.1) is 0 Å². The topological polar surface area (TPSA) is 64.7 Å². The summed E-state index contributed by atoms with van der Waals surface area (Å²) in [6.07, 6.45) is 6.83. The molecule has 0 unspecified atom stereocenters. The Bertz CT molecular complexity index is 686. The van der Waals surface area contributed by atoms with Gasteiger partial charge in [0, 0.05) is 30.4 Å². The van der Waals surface area contributed by atoms with Crippen LogP contribution >= 0.6 is 15.9 Å². The largest absolute Gasteiger partial charge is 0.347 e. The second-order valence-electron chi connectivity index (χ2n) is 4.81. The first kappa shape index (κ1) is 16.5. The van der Waals surface area contributed by atoms with E-state index in [1.807, 2.05) is 30.1 Å². The molecule has 0 saturated carbocycles. The van der Waals surface area contributed by atoms with Gasteiger partial charge in [-0.05, 0) is 42.8 Å². The summed E-state index contributed by atoms with van der Waals surface area (Å²) in [6.45, 7) is 8.06. The molecular weight excluding hydrogens is 346 g/mol. The molecule has 2 aromatic rings. The molecule has 0 atom stereocenters. The van der Waals surface area contributed by atoms with Crippen LogP contribution in [0.3, 0.4) is 0 Å². The molecule has 0 aliphatic carbocycles. The van der Waals surface area contributed by atoms with Crippen molar-refractivity contribution >= 4 is 27.9 Å². The summed E-state index contributed by atoms with van der Waals surface area (Å²) in [4.78, 5) is 11.9. The molecule has 22 heavy (non-hydrogen) atoms. The van der Waals surface area contributed by atoms with E-state index in [-0.39, 0.29) is 5.91 Å². The predicted octanol–water partition coefficient (Wildman–Crippen LogP) is 2.52. The van der Waals surface area contributed by atoms with Crippen LogP contribution in [0.5, 0.6) is 0 Å². The molecule has 2 aromatic heterocycles. The maximum absolute atomic E-state index is 11.9. The Morgan fingerprint density at radius 1 is 1.27 bits per heavy atom. The summed E-state index contributed by atoms with van der Waals surface area (Å²) in [5.74, 6) is -0.139. The van der Waals surface area contributed by atoms with Crippen molar-refractivity contribution in [3.8, 4) is 0 Å². The monoisotopic (exact) mass is 365 g/mol. The quantitative estimate of drug-likeness (QED) is 0.799. The highest BCUT2D eigenvalue weighted by Gasteiger charge is 2.08. The summed E-state index contributed by atoms with van der Waals surface area (Å²) in [7, 11) is 0. The molecule has 6 nitrogen and oxygen atoms in total. The highest BCUT2D eigenvalue weighted by molar-refractivity contribution is 9.10. The van der Waals surface area contributed by atoms with Gasteiger partial charge in [0.15, 0.2) is 0 Å². The van der Waals surface area contributed by atoms with Gasteiger partial charge in [-0.2, -0.15) is 10.2 Å². The number of hydrogen-bond acceptors (Lipinski definition) is 3. The van der Waals surface area contributed by atoms with Gasteiger partial charge in [-0.25, -0.2) is 0 Å². The van der Waals surface area contributed by atoms with Gasteiger partial charge < -0.3 is 5.32 Å². The van der Waals surface area contributed by atoms with Crippen molar-refractivity contribution in [2.45, 2.75) is 40.4 Å². The van der Waals surface area contributed by atoms with Crippen LogP contribution in [0.4, 0.5) is 0 Å². The van der Waals surface area contributed by atoms with Gasteiger partial charge in [-0.3, -0.25) is 14.2 Å². The molecule has 2 heterocycles. The third-order valence-electron chi connectivity index (χ3n) is 3.48. The Labute approximate surface area is 138 Å². The van der Waals surface area contributed by atoms with Crippen LogP contribution in [0.15, 0.2) is 22.9 Å². The van der Waals surface area contributed by atoms with Crippen molar-refractivity contribution in [3.05, 3.63) is 39.9 Å². The van der Waals surface area contributed by atoms with E-state index in [0.29, 0.717) is 6.54 Å². The van der Waals surface area contributed by atoms with Crippen molar-refractivity contribution < 1.29 is 4.79 Å². The third kappa shape index (κ3) is 3.65. The van der Waals surface area contributed by atoms with Gasteiger partial charge in [0.05, 0.1) is 29.1 Å². The zero-order valence-corrected chi connectivity index (χ0v) is 14.6. The van der Waals surface area contributed by atoms with E-state index in [9.17, 15) is 4.79 Å². The summed E-state index contributed by atoms with van der Waals surface area (Å²) in [5, 5.41) is 11.3. The molecule has 0 saturated heterocycles. The Balaban J connectivity index is 1.96. The zero-order valence-electron chi connectivity index (χ0n) is 13.0. The minimum absolute atomic E-state index is 0.139. The molecule has 0 radical (unpaired) electrons. The second-order valence-corrected chi connectivity index (χ2v) is 5.66. The second kappa shape index (κ2) is 7.40. The molecule has 0 spiro atoms. The minimum Gasteiger partial charge on any atom is -0.347 e. The standard InChI is InChI=1S/C15H20BrN5O/c1-4-20-11(3)12(8-18-20)6-7-15(22)17-10-14-13(16)9-19-21(14)5-2/h6-9H,4-5,10H2,1-3H3,(H,17,22)/b7-6+. The Morgan fingerprint density at radius 2 is 1.95 bits per heavy atom. The van der Waals surface area contributed by atoms with Gasteiger partial charge in [-0.1, -0.05) is 0 Å². The summed E-state index contributed by atoms with van der Waals surface area (Å²) in [6, 6.07) is 0. The fourth-order valence-electron chi connectivity index (χ4n) is 2.17. The molecule has 0 aromatic carbocycles. The molecule has 2 rings (SSSR count). The number of halogens is 1. The molecule has 118 valence electrons. The lowest BCUT2D eigenvalue weighted by Gasteiger charge is -2.06. The minimum atomic E-state index is -0.139. The number of aryl methyl sites for hydroxylation is 2. The number of rotatable bonds is 6. The third-order valence-corrected chi connectivity index (χ3v) is 4.14. The number of carbonyl (C=O) groups excluding carboxylic acids is 1. The summed E-state index contributed by atoms with van der Waals surface area (Å²) in [5.41, 5.74) is 2.97. The Morgan fingerprint density at radius 3 is 2.59 bits per heavy atom. The first-order chi connectivity index (χ1) is 10.6. The van der Waals surface area contributed by atoms with Crippen LogP contribution in [0.2, 0.25) is 0 Å². The van der Waals surface area contributed by atoms with Crippen LogP contribution in [-0.4, -0.2) is 25.5 Å². The summed E-state index contributed by atoms with van der Waals surface area (Å²) >= 11 is 3.44. The Kier molecular flexibility index (Phi) is 5.54. The Hall–Kier alpha value is -1.89. The number of amides is 1. The van der Waals surface area contributed by atoms with E-state index in [1.165, 1.54) is 6.08 Å². The lowest BCUT2D eigenvalue weighted by atomic mass is 10.2. The van der Waals surface area contributed by atoms with Crippen molar-refractivity contribution in [2.75, 3.05) is 0 Å². The van der Waals surface area contributed by atoms with E-state index < -0.39 is 0 Å². The van der Waals surface area contributed by atoms with Crippen LogP contribution < -0.4 is 5.32 Å². The molecule has 0 bridgehead atoms. The van der Waals surface area contributed by atoms with Gasteiger partial charge in [0.2, 0.25) is 5.91 Å². The number of nitrogens with zero attached hydrogens (tertiary/aromatic N) is 4. The maximum atomic E-state index is 11.9. The molecule has 1 N–H and O–H groups in total. The average molecular weight is 366 g/mol. The first-order valence-electron chi connectivity index (χ1n) is 7.25. The normalized spacial score (nSPS) is 11.3. The van der Waals surface area contributed by atoms with Crippen molar-refractivity contribution in [1.29, 1.82) is 0 Å².